The van der Waals surface area contributed by atoms with Gasteiger partial charge in [0.15, 0.2) is 0 Å². The molecule has 5 rings (SSSR count). The SMILES string of the molecule is Cc1ccc(OCC(O)CN2CCC(CN3C(=O)c4cccc5cccc(c45)C3=O)CC2)cc1C.Cl. The average Bonchev–Trinajstić information content (AvgIpc) is 2.86. The highest BCUT2D eigenvalue weighted by molar-refractivity contribution is 6.25. The number of amides is 2. The van der Waals surface area contributed by atoms with Crippen molar-refractivity contribution in [1.29, 1.82) is 0 Å². The summed E-state index contributed by atoms with van der Waals surface area (Å²) in [5.74, 6) is 0.646. The van der Waals surface area contributed by atoms with Gasteiger partial charge in [-0.1, -0.05) is 30.3 Å². The zero-order valence-corrected chi connectivity index (χ0v) is 21.6. The first-order chi connectivity index (χ1) is 16.9. The molecule has 3 aromatic rings. The smallest absolute Gasteiger partial charge is 0.261 e. The summed E-state index contributed by atoms with van der Waals surface area (Å²) in [4.78, 5) is 30.0. The fourth-order valence-electron chi connectivity index (χ4n) is 5.20. The van der Waals surface area contributed by atoms with Crippen LogP contribution < -0.4 is 4.74 Å². The summed E-state index contributed by atoms with van der Waals surface area (Å²) in [6.45, 7) is 7.01. The summed E-state index contributed by atoms with van der Waals surface area (Å²) < 4.78 is 5.78. The molecule has 2 heterocycles. The van der Waals surface area contributed by atoms with Crippen LogP contribution in [0.15, 0.2) is 54.6 Å². The Morgan fingerprint density at radius 1 is 0.944 bits per heavy atom. The molecule has 0 radical (unpaired) electrons. The van der Waals surface area contributed by atoms with E-state index >= 15 is 0 Å². The number of aliphatic hydroxyl groups is 1. The summed E-state index contributed by atoms with van der Waals surface area (Å²) in [5.41, 5.74) is 3.61. The van der Waals surface area contributed by atoms with Gasteiger partial charge in [0, 0.05) is 29.6 Å². The molecule has 7 heteroatoms. The van der Waals surface area contributed by atoms with Gasteiger partial charge in [0.1, 0.15) is 18.5 Å². The number of imide groups is 1. The highest BCUT2D eigenvalue weighted by Crippen LogP contribution is 2.31. The summed E-state index contributed by atoms with van der Waals surface area (Å²) >= 11 is 0. The molecule has 6 nitrogen and oxygen atoms in total. The van der Waals surface area contributed by atoms with Crippen molar-refractivity contribution in [3.05, 3.63) is 76.9 Å². The third-order valence-electron chi connectivity index (χ3n) is 7.39. The summed E-state index contributed by atoms with van der Waals surface area (Å²) in [6, 6.07) is 17.2. The Labute approximate surface area is 218 Å². The Balaban J connectivity index is 0.00000304. The number of aryl methyl sites for hydroxylation is 2. The van der Waals surface area contributed by atoms with E-state index in [2.05, 4.69) is 11.8 Å². The van der Waals surface area contributed by atoms with Gasteiger partial charge in [0.25, 0.3) is 11.8 Å². The number of hydrogen-bond acceptors (Lipinski definition) is 5. The third-order valence-corrected chi connectivity index (χ3v) is 7.39. The second-order valence-corrected chi connectivity index (χ2v) is 9.89. The third kappa shape index (κ3) is 5.26. The van der Waals surface area contributed by atoms with Crippen LogP contribution in [0.2, 0.25) is 0 Å². The molecular formula is C29H33ClN2O4. The first-order valence-electron chi connectivity index (χ1n) is 12.4. The van der Waals surface area contributed by atoms with Crippen molar-refractivity contribution in [2.45, 2.75) is 32.8 Å². The van der Waals surface area contributed by atoms with Crippen molar-refractivity contribution in [1.82, 2.24) is 9.80 Å². The minimum atomic E-state index is -0.574. The van der Waals surface area contributed by atoms with Crippen molar-refractivity contribution in [2.24, 2.45) is 5.92 Å². The second kappa shape index (κ2) is 11.0. The summed E-state index contributed by atoms with van der Waals surface area (Å²) in [6.07, 6.45) is 1.19. The van der Waals surface area contributed by atoms with Crippen LogP contribution >= 0.6 is 12.4 Å². The number of β-amino-alcohol motifs (C(OH)–C–C–N with tert-alkyl or cyclic N) is 1. The predicted octanol–water partition coefficient (Wildman–Crippen LogP) is 4.63. The average molecular weight is 509 g/mol. The van der Waals surface area contributed by atoms with Gasteiger partial charge >= 0.3 is 0 Å². The van der Waals surface area contributed by atoms with Crippen LogP contribution in [0.5, 0.6) is 5.75 Å². The predicted molar refractivity (Wildman–Crippen MR) is 143 cm³/mol. The number of ether oxygens (including phenoxy) is 1. The maximum atomic E-state index is 13.2. The Morgan fingerprint density at radius 3 is 2.19 bits per heavy atom. The number of aliphatic hydroxyl groups excluding tert-OH is 1. The highest BCUT2D eigenvalue weighted by Gasteiger charge is 2.34. The van der Waals surface area contributed by atoms with E-state index in [1.54, 1.807) is 0 Å². The quantitative estimate of drug-likeness (QED) is 0.471. The van der Waals surface area contributed by atoms with Gasteiger partial charge in [-0.2, -0.15) is 0 Å². The molecule has 0 aliphatic carbocycles. The van der Waals surface area contributed by atoms with E-state index in [1.165, 1.54) is 16.0 Å². The highest BCUT2D eigenvalue weighted by atomic mass is 35.5. The fraction of sp³-hybridized carbons (Fsp3) is 0.379. The molecule has 2 aliphatic heterocycles. The molecule has 1 N–H and O–H groups in total. The van der Waals surface area contributed by atoms with Crippen LogP contribution in [0.3, 0.4) is 0 Å². The maximum absolute atomic E-state index is 13.2. The number of rotatable bonds is 7. The monoisotopic (exact) mass is 508 g/mol. The number of hydrogen-bond donors (Lipinski definition) is 1. The van der Waals surface area contributed by atoms with E-state index < -0.39 is 6.10 Å². The molecule has 0 saturated carbocycles. The van der Waals surface area contributed by atoms with E-state index in [-0.39, 0.29) is 36.7 Å². The van der Waals surface area contributed by atoms with E-state index in [0.717, 1.165) is 42.5 Å². The fourth-order valence-corrected chi connectivity index (χ4v) is 5.20. The lowest BCUT2D eigenvalue weighted by Gasteiger charge is -2.36. The van der Waals surface area contributed by atoms with Crippen LogP contribution in [-0.2, 0) is 0 Å². The minimum Gasteiger partial charge on any atom is -0.491 e. The zero-order valence-electron chi connectivity index (χ0n) is 20.8. The normalized spacial score (nSPS) is 17.2. The first-order valence-corrected chi connectivity index (χ1v) is 12.4. The van der Waals surface area contributed by atoms with Gasteiger partial charge in [-0.3, -0.25) is 14.5 Å². The molecule has 1 fully saturated rings. The van der Waals surface area contributed by atoms with Gasteiger partial charge in [-0.05, 0) is 86.5 Å². The summed E-state index contributed by atoms with van der Waals surface area (Å²) in [7, 11) is 0. The lowest BCUT2D eigenvalue weighted by atomic mass is 9.91. The lowest BCUT2D eigenvalue weighted by molar-refractivity contribution is 0.0453. The Bertz CT molecular complexity index is 1220. The van der Waals surface area contributed by atoms with Crippen molar-refractivity contribution in [3.8, 4) is 5.75 Å². The van der Waals surface area contributed by atoms with Gasteiger partial charge < -0.3 is 14.7 Å². The molecule has 0 bridgehead atoms. The van der Waals surface area contributed by atoms with Crippen molar-refractivity contribution < 1.29 is 19.4 Å². The van der Waals surface area contributed by atoms with E-state index in [0.29, 0.717) is 24.2 Å². The molecule has 2 amide bonds. The number of piperidine rings is 1. The Hall–Kier alpha value is -2.93. The molecule has 190 valence electrons. The zero-order chi connectivity index (χ0) is 24.5. The molecule has 1 unspecified atom stereocenters. The van der Waals surface area contributed by atoms with E-state index in [4.69, 9.17) is 4.74 Å². The van der Waals surface area contributed by atoms with Crippen molar-refractivity contribution in [2.75, 3.05) is 32.8 Å². The van der Waals surface area contributed by atoms with Crippen LogP contribution in [0.1, 0.15) is 44.7 Å². The van der Waals surface area contributed by atoms with Gasteiger partial charge in [0.05, 0.1) is 0 Å². The van der Waals surface area contributed by atoms with E-state index in [9.17, 15) is 14.7 Å². The van der Waals surface area contributed by atoms with Gasteiger partial charge in [-0.25, -0.2) is 0 Å². The van der Waals surface area contributed by atoms with Gasteiger partial charge in [0.2, 0.25) is 0 Å². The molecule has 0 aromatic heterocycles. The summed E-state index contributed by atoms with van der Waals surface area (Å²) in [5, 5.41) is 12.2. The Morgan fingerprint density at radius 2 is 1.58 bits per heavy atom. The largest absolute Gasteiger partial charge is 0.491 e. The number of carbonyl (C=O) groups is 2. The molecular weight excluding hydrogens is 476 g/mol. The van der Waals surface area contributed by atoms with Crippen LogP contribution in [0.25, 0.3) is 10.8 Å². The van der Waals surface area contributed by atoms with E-state index in [1.807, 2.05) is 61.5 Å². The topological polar surface area (TPSA) is 70.1 Å². The van der Waals surface area contributed by atoms with Crippen molar-refractivity contribution in [3.63, 3.8) is 0 Å². The van der Waals surface area contributed by atoms with Crippen LogP contribution in [-0.4, -0.2) is 65.6 Å². The molecule has 2 aliphatic rings. The Kier molecular flexibility index (Phi) is 7.98. The van der Waals surface area contributed by atoms with Crippen LogP contribution in [0.4, 0.5) is 0 Å². The minimum absolute atomic E-state index is 0. The number of nitrogens with zero attached hydrogens (tertiary/aromatic N) is 2. The molecule has 3 aromatic carbocycles. The maximum Gasteiger partial charge on any atom is 0.261 e. The number of halogens is 1. The second-order valence-electron chi connectivity index (χ2n) is 9.89. The number of likely N-dealkylation sites (tertiary alicyclic amines) is 1. The molecule has 1 atom stereocenters. The first kappa shape index (κ1) is 26.1. The molecule has 0 spiro atoms. The van der Waals surface area contributed by atoms with Crippen molar-refractivity contribution >= 4 is 35.0 Å². The molecule has 1 saturated heterocycles. The molecule has 36 heavy (non-hydrogen) atoms. The number of carbonyl (C=O) groups excluding carboxylic acids is 2. The standard InChI is InChI=1S/C29H32N2O4.ClH/c1-19-9-10-24(15-20(19)2)35-18-23(32)17-30-13-11-21(12-14-30)16-31-28(33)25-7-3-5-22-6-4-8-26(27(22)25)29(31)34;/h3-10,15,21,23,32H,11-14,16-18H2,1-2H3;1H. The lowest BCUT2D eigenvalue weighted by Crippen LogP contribution is -2.46. The van der Waals surface area contributed by atoms with Gasteiger partial charge in [-0.15, -0.1) is 12.4 Å². The van der Waals surface area contributed by atoms with Crippen LogP contribution in [0, 0.1) is 19.8 Å². The number of benzene rings is 3.